The molecule has 0 atom stereocenters. The quantitative estimate of drug-likeness (QED) is 0.655. The smallest absolute Gasteiger partial charge is 0.387 e. The van der Waals surface area contributed by atoms with Gasteiger partial charge in [0.05, 0.1) is 5.69 Å². The first-order chi connectivity index (χ1) is 12.0. The molecule has 25 heavy (non-hydrogen) atoms. The van der Waals surface area contributed by atoms with Crippen molar-refractivity contribution in [3.05, 3.63) is 71.4 Å². The lowest BCUT2D eigenvalue weighted by atomic mass is 10.2. The van der Waals surface area contributed by atoms with E-state index in [0.717, 1.165) is 5.56 Å². The second-order valence-electron chi connectivity index (χ2n) is 5.00. The summed E-state index contributed by atoms with van der Waals surface area (Å²) in [5.74, 6) is -0.184. The zero-order chi connectivity index (χ0) is 17.8. The Kier molecular flexibility index (Phi) is 5.00. The van der Waals surface area contributed by atoms with Crippen molar-refractivity contribution < 1.29 is 22.7 Å². The van der Waals surface area contributed by atoms with Crippen molar-refractivity contribution in [2.45, 2.75) is 6.61 Å². The third-order valence-electron chi connectivity index (χ3n) is 3.31. The van der Waals surface area contributed by atoms with E-state index in [1.54, 1.807) is 36.4 Å². The van der Waals surface area contributed by atoms with E-state index in [4.69, 9.17) is 16.0 Å². The molecule has 0 radical (unpaired) electrons. The first kappa shape index (κ1) is 17.0. The summed E-state index contributed by atoms with van der Waals surface area (Å²) >= 11 is 5.84. The van der Waals surface area contributed by atoms with Crippen LogP contribution in [0.4, 0.5) is 14.5 Å². The van der Waals surface area contributed by atoms with Gasteiger partial charge in [0.15, 0.2) is 5.76 Å². The minimum Gasteiger partial charge on any atom is -0.451 e. The zero-order valence-corrected chi connectivity index (χ0v) is 13.5. The Morgan fingerprint density at radius 3 is 2.48 bits per heavy atom. The van der Waals surface area contributed by atoms with Gasteiger partial charge in [0.25, 0.3) is 5.91 Å². The monoisotopic (exact) mass is 363 g/mol. The van der Waals surface area contributed by atoms with Gasteiger partial charge in [-0.3, -0.25) is 4.79 Å². The average Bonchev–Trinajstić information content (AvgIpc) is 3.07. The van der Waals surface area contributed by atoms with Gasteiger partial charge in [-0.1, -0.05) is 23.7 Å². The van der Waals surface area contributed by atoms with Crippen LogP contribution in [-0.2, 0) is 0 Å². The molecule has 0 spiro atoms. The molecule has 0 fully saturated rings. The maximum absolute atomic E-state index is 12.4. The molecule has 1 N–H and O–H groups in total. The maximum Gasteiger partial charge on any atom is 0.387 e. The highest BCUT2D eigenvalue weighted by atomic mass is 35.5. The number of halogens is 3. The van der Waals surface area contributed by atoms with E-state index in [2.05, 4.69) is 10.1 Å². The second kappa shape index (κ2) is 7.36. The van der Waals surface area contributed by atoms with Crippen molar-refractivity contribution in [1.82, 2.24) is 0 Å². The van der Waals surface area contributed by atoms with Crippen molar-refractivity contribution in [3.63, 3.8) is 0 Å². The van der Waals surface area contributed by atoms with Crippen molar-refractivity contribution in [2.75, 3.05) is 5.32 Å². The molecule has 0 aliphatic rings. The van der Waals surface area contributed by atoms with E-state index < -0.39 is 12.5 Å². The first-order valence-corrected chi connectivity index (χ1v) is 7.61. The molecule has 0 unspecified atom stereocenters. The molecule has 0 saturated heterocycles. The lowest BCUT2D eigenvalue weighted by Crippen LogP contribution is -2.13. The predicted octanol–water partition coefficient (Wildman–Crippen LogP) is 5.45. The molecule has 7 heteroatoms. The van der Waals surface area contributed by atoms with Gasteiger partial charge in [0.2, 0.25) is 0 Å². The summed E-state index contributed by atoms with van der Waals surface area (Å²) in [5.41, 5.74) is 0.877. The SMILES string of the molecule is O=C(Nc1ccccc1OC(F)F)c1ccc(-c2ccc(Cl)cc2)o1. The number of hydrogen-bond donors (Lipinski definition) is 1. The van der Waals surface area contributed by atoms with Crippen LogP contribution >= 0.6 is 11.6 Å². The molecular weight excluding hydrogens is 352 g/mol. The number of furan rings is 1. The second-order valence-corrected chi connectivity index (χ2v) is 5.44. The number of benzene rings is 2. The number of carbonyl (C=O) groups excluding carboxylic acids is 1. The minimum absolute atomic E-state index is 0.0387. The van der Waals surface area contributed by atoms with Crippen molar-refractivity contribution >= 4 is 23.2 Å². The van der Waals surface area contributed by atoms with E-state index in [9.17, 15) is 13.6 Å². The first-order valence-electron chi connectivity index (χ1n) is 7.24. The Balaban J connectivity index is 1.78. The van der Waals surface area contributed by atoms with Gasteiger partial charge < -0.3 is 14.5 Å². The molecule has 1 heterocycles. The summed E-state index contributed by atoms with van der Waals surface area (Å²) in [6.45, 7) is -2.99. The fourth-order valence-corrected chi connectivity index (χ4v) is 2.31. The Labute approximate surface area is 147 Å². The normalized spacial score (nSPS) is 10.7. The van der Waals surface area contributed by atoms with Gasteiger partial charge in [-0.25, -0.2) is 0 Å². The summed E-state index contributed by atoms with van der Waals surface area (Å²) in [7, 11) is 0. The van der Waals surface area contributed by atoms with Crippen LogP contribution in [0.5, 0.6) is 5.75 Å². The third-order valence-corrected chi connectivity index (χ3v) is 3.56. The number of alkyl halides is 2. The van der Waals surface area contributed by atoms with E-state index in [-0.39, 0.29) is 17.2 Å². The van der Waals surface area contributed by atoms with Gasteiger partial charge in [0.1, 0.15) is 11.5 Å². The van der Waals surface area contributed by atoms with Crippen molar-refractivity contribution in [1.29, 1.82) is 0 Å². The molecule has 1 amide bonds. The van der Waals surface area contributed by atoms with Crippen LogP contribution in [-0.4, -0.2) is 12.5 Å². The molecule has 1 aromatic heterocycles. The maximum atomic E-state index is 12.4. The topological polar surface area (TPSA) is 51.5 Å². The number of amides is 1. The Bertz CT molecular complexity index is 878. The summed E-state index contributed by atoms with van der Waals surface area (Å²) < 4.78 is 34.7. The van der Waals surface area contributed by atoms with Crippen molar-refractivity contribution in [2.24, 2.45) is 0 Å². The minimum atomic E-state index is -2.99. The highest BCUT2D eigenvalue weighted by Crippen LogP contribution is 2.27. The Hall–Kier alpha value is -2.86. The van der Waals surface area contributed by atoms with E-state index >= 15 is 0 Å². The zero-order valence-electron chi connectivity index (χ0n) is 12.7. The van der Waals surface area contributed by atoms with Crippen LogP contribution in [0, 0.1) is 0 Å². The summed E-state index contributed by atoms with van der Waals surface area (Å²) in [6.07, 6.45) is 0. The van der Waals surface area contributed by atoms with Crippen LogP contribution in [0.1, 0.15) is 10.6 Å². The molecule has 128 valence electrons. The molecule has 4 nitrogen and oxygen atoms in total. The number of ether oxygens (including phenoxy) is 1. The number of nitrogens with one attached hydrogen (secondary N) is 1. The molecule has 0 aliphatic heterocycles. The number of para-hydroxylation sites is 2. The number of anilines is 1. The lowest BCUT2D eigenvalue weighted by Gasteiger charge is -2.10. The van der Waals surface area contributed by atoms with Gasteiger partial charge in [-0.2, -0.15) is 8.78 Å². The molecular formula is C18H12ClF2NO3. The third kappa shape index (κ3) is 4.16. The standard InChI is InChI=1S/C18H12ClF2NO3/c19-12-7-5-11(6-8-12)14-9-10-16(24-14)17(23)22-13-3-1-2-4-15(13)25-18(20)21/h1-10,18H,(H,22,23). The lowest BCUT2D eigenvalue weighted by molar-refractivity contribution is -0.0493. The van der Waals surface area contributed by atoms with Gasteiger partial charge in [-0.15, -0.1) is 0 Å². The molecule has 3 aromatic rings. The highest BCUT2D eigenvalue weighted by molar-refractivity contribution is 6.30. The van der Waals surface area contributed by atoms with Crippen LogP contribution in [0.3, 0.4) is 0 Å². The number of carbonyl (C=O) groups is 1. The van der Waals surface area contributed by atoms with Crippen LogP contribution in [0.2, 0.25) is 5.02 Å². The molecule has 2 aromatic carbocycles. The Morgan fingerprint density at radius 1 is 1.04 bits per heavy atom. The Morgan fingerprint density at radius 2 is 1.76 bits per heavy atom. The molecule has 0 saturated carbocycles. The van der Waals surface area contributed by atoms with Gasteiger partial charge >= 0.3 is 6.61 Å². The van der Waals surface area contributed by atoms with Crippen LogP contribution < -0.4 is 10.1 Å². The number of hydrogen-bond acceptors (Lipinski definition) is 3. The number of rotatable bonds is 5. The highest BCUT2D eigenvalue weighted by Gasteiger charge is 2.16. The van der Waals surface area contributed by atoms with Gasteiger partial charge in [-0.05, 0) is 48.5 Å². The average molecular weight is 364 g/mol. The fraction of sp³-hybridized carbons (Fsp3) is 0.0556. The molecule has 0 bridgehead atoms. The fourth-order valence-electron chi connectivity index (χ4n) is 2.18. The molecule has 3 rings (SSSR count). The van der Waals surface area contributed by atoms with E-state index in [1.807, 2.05) is 0 Å². The summed E-state index contributed by atoms with van der Waals surface area (Å²) in [4.78, 5) is 12.3. The predicted molar refractivity (Wildman–Crippen MR) is 90.2 cm³/mol. The largest absolute Gasteiger partial charge is 0.451 e. The van der Waals surface area contributed by atoms with Crippen LogP contribution in [0.15, 0.2) is 65.1 Å². The van der Waals surface area contributed by atoms with Gasteiger partial charge in [0, 0.05) is 10.6 Å². The molecule has 0 aliphatic carbocycles. The summed E-state index contributed by atoms with van der Waals surface area (Å²) in [6, 6.07) is 16.0. The van der Waals surface area contributed by atoms with Crippen molar-refractivity contribution in [3.8, 4) is 17.1 Å². The van der Waals surface area contributed by atoms with Crippen LogP contribution in [0.25, 0.3) is 11.3 Å². The van der Waals surface area contributed by atoms with E-state index in [1.165, 1.54) is 24.3 Å². The van der Waals surface area contributed by atoms with E-state index in [0.29, 0.717) is 10.8 Å². The summed E-state index contributed by atoms with van der Waals surface area (Å²) in [5, 5.41) is 3.08.